The molecule has 1 atom stereocenters. The molecule has 2 rings (SSSR count). The van der Waals surface area contributed by atoms with E-state index in [0.29, 0.717) is 12.2 Å². The molecule has 2 aromatic rings. The summed E-state index contributed by atoms with van der Waals surface area (Å²) < 4.78 is 32.0. The molecule has 0 spiro atoms. The maximum absolute atomic E-state index is 12.4. The van der Waals surface area contributed by atoms with E-state index < -0.39 is 34.5 Å². The van der Waals surface area contributed by atoms with Gasteiger partial charge in [-0.2, -0.15) is 4.72 Å². The number of anilines is 1. The predicted octanol–water partition coefficient (Wildman–Crippen LogP) is 2.15. The lowest BCUT2D eigenvalue weighted by Gasteiger charge is -2.14. The van der Waals surface area contributed by atoms with E-state index in [1.54, 1.807) is 11.8 Å². The first-order chi connectivity index (χ1) is 15.7. The molecule has 9 nitrogen and oxygen atoms in total. The van der Waals surface area contributed by atoms with E-state index in [1.807, 2.05) is 30.3 Å². The largest absolute Gasteiger partial charge is 0.454 e. The van der Waals surface area contributed by atoms with Crippen molar-refractivity contribution in [1.29, 1.82) is 0 Å². The molecule has 0 saturated carbocycles. The van der Waals surface area contributed by atoms with Crippen LogP contribution in [0.15, 0.2) is 64.4 Å². The Kier molecular flexibility index (Phi) is 10.4. The number of thioether (sulfide) groups is 1. The van der Waals surface area contributed by atoms with Gasteiger partial charge in [0.1, 0.15) is 6.04 Å². The number of carbonyl (C=O) groups excluding carboxylic acids is 3. The van der Waals surface area contributed by atoms with Crippen molar-refractivity contribution >= 4 is 45.3 Å². The van der Waals surface area contributed by atoms with Crippen molar-refractivity contribution < 1.29 is 27.5 Å². The number of sulfonamides is 1. The molecule has 0 fully saturated rings. The molecule has 0 aromatic heterocycles. The van der Waals surface area contributed by atoms with Crippen LogP contribution in [-0.2, 0) is 29.1 Å². The minimum atomic E-state index is -4.00. The van der Waals surface area contributed by atoms with E-state index in [1.165, 1.54) is 38.1 Å². The smallest absolute Gasteiger partial charge is 0.324 e. The van der Waals surface area contributed by atoms with Crippen molar-refractivity contribution in [3.05, 3.63) is 54.6 Å². The summed E-state index contributed by atoms with van der Waals surface area (Å²) in [6.45, 7) is 2.60. The van der Waals surface area contributed by atoms with E-state index in [4.69, 9.17) is 4.74 Å². The highest BCUT2D eigenvalue weighted by atomic mass is 32.2. The molecule has 0 aliphatic rings. The Morgan fingerprint density at radius 1 is 1.03 bits per heavy atom. The summed E-state index contributed by atoms with van der Waals surface area (Å²) in [5.74, 6) is -0.788. The van der Waals surface area contributed by atoms with Crippen molar-refractivity contribution in [3.63, 3.8) is 0 Å². The van der Waals surface area contributed by atoms with Gasteiger partial charge in [0.15, 0.2) is 6.61 Å². The fraction of sp³-hybridized carbons (Fsp3) is 0.318. The third-order valence-electron chi connectivity index (χ3n) is 4.17. The van der Waals surface area contributed by atoms with Crippen LogP contribution >= 0.6 is 11.8 Å². The van der Waals surface area contributed by atoms with Gasteiger partial charge in [-0.15, -0.1) is 11.8 Å². The van der Waals surface area contributed by atoms with Gasteiger partial charge in [0, 0.05) is 24.1 Å². The van der Waals surface area contributed by atoms with E-state index in [9.17, 15) is 22.8 Å². The van der Waals surface area contributed by atoms with Crippen LogP contribution in [-0.4, -0.2) is 51.1 Å². The second-order valence-corrected chi connectivity index (χ2v) is 9.90. The van der Waals surface area contributed by atoms with Gasteiger partial charge in [-0.05, 0) is 55.5 Å². The van der Waals surface area contributed by atoms with E-state index in [2.05, 4.69) is 15.4 Å². The summed E-state index contributed by atoms with van der Waals surface area (Å²) in [4.78, 5) is 36.1. The highest BCUT2D eigenvalue weighted by molar-refractivity contribution is 7.99. The molecule has 0 saturated heterocycles. The molecule has 178 valence electrons. The number of nitrogens with one attached hydrogen (secondary N) is 3. The SMILES string of the molecule is CC(=O)Nc1ccc(S(=O)(=O)N[C@@H](C)C(=O)OCC(=O)NCCCSc2ccccc2)cc1. The number of hydrogen-bond donors (Lipinski definition) is 3. The normalized spacial score (nSPS) is 11.9. The molecule has 0 bridgehead atoms. The molecule has 0 aliphatic carbocycles. The molecule has 2 aromatic carbocycles. The van der Waals surface area contributed by atoms with Gasteiger partial charge in [0.2, 0.25) is 15.9 Å². The Bertz CT molecular complexity index is 1040. The molecule has 0 aliphatic heterocycles. The number of esters is 1. The first kappa shape index (κ1) is 26.4. The van der Waals surface area contributed by atoms with Crippen LogP contribution in [0, 0.1) is 0 Å². The molecule has 0 radical (unpaired) electrons. The maximum atomic E-state index is 12.4. The van der Waals surface area contributed by atoms with Gasteiger partial charge >= 0.3 is 5.97 Å². The lowest BCUT2D eigenvalue weighted by molar-refractivity contribution is -0.149. The van der Waals surface area contributed by atoms with Crippen LogP contribution in [0.25, 0.3) is 0 Å². The second-order valence-electron chi connectivity index (χ2n) is 7.02. The number of benzene rings is 2. The van der Waals surface area contributed by atoms with Crippen LogP contribution in [0.5, 0.6) is 0 Å². The summed E-state index contributed by atoms with van der Waals surface area (Å²) in [5, 5.41) is 5.19. The summed E-state index contributed by atoms with van der Waals surface area (Å²) >= 11 is 1.68. The van der Waals surface area contributed by atoms with Crippen LogP contribution in [0.1, 0.15) is 20.3 Å². The molecular formula is C22H27N3O6S2. The van der Waals surface area contributed by atoms with Gasteiger partial charge in [-0.1, -0.05) is 18.2 Å². The highest BCUT2D eigenvalue weighted by Gasteiger charge is 2.23. The Morgan fingerprint density at radius 2 is 1.70 bits per heavy atom. The molecule has 11 heteroatoms. The molecule has 0 heterocycles. The maximum Gasteiger partial charge on any atom is 0.324 e. The number of rotatable bonds is 12. The number of carbonyl (C=O) groups is 3. The Labute approximate surface area is 197 Å². The molecule has 3 N–H and O–H groups in total. The molecule has 33 heavy (non-hydrogen) atoms. The van der Waals surface area contributed by atoms with Crippen molar-refractivity contribution in [3.8, 4) is 0 Å². The van der Waals surface area contributed by atoms with Crippen LogP contribution in [0.2, 0.25) is 0 Å². The average molecular weight is 494 g/mol. The zero-order valence-electron chi connectivity index (χ0n) is 18.4. The predicted molar refractivity (Wildman–Crippen MR) is 126 cm³/mol. The zero-order valence-corrected chi connectivity index (χ0v) is 20.0. The minimum absolute atomic E-state index is 0.0811. The topological polar surface area (TPSA) is 131 Å². The summed E-state index contributed by atoms with van der Waals surface area (Å²) in [6.07, 6.45) is 0.746. The van der Waals surface area contributed by atoms with Gasteiger partial charge in [0.05, 0.1) is 4.90 Å². The van der Waals surface area contributed by atoms with E-state index >= 15 is 0 Å². The highest BCUT2D eigenvalue weighted by Crippen LogP contribution is 2.17. The lowest BCUT2D eigenvalue weighted by Crippen LogP contribution is -2.41. The Hall–Kier alpha value is -2.89. The van der Waals surface area contributed by atoms with E-state index in [-0.39, 0.29) is 10.8 Å². The first-order valence-corrected chi connectivity index (χ1v) is 12.7. The molecule has 0 unspecified atom stereocenters. The van der Waals surface area contributed by atoms with E-state index in [0.717, 1.165) is 17.1 Å². The van der Waals surface area contributed by atoms with Gasteiger partial charge in [0.25, 0.3) is 5.91 Å². The number of amides is 2. The lowest BCUT2D eigenvalue weighted by atomic mass is 10.3. The quantitative estimate of drug-likeness (QED) is 0.235. The van der Waals surface area contributed by atoms with Crippen LogP contribution < -0.4 is 15.4 Å². The second kappa shape index (κ2) is 13.0. The van der Waals surface area contributed by atoms with Crippen molar-refractivity contribution in [2.45, 2.75) is 36.1 Å². The Morgan fingerprint density at radius 3 is 2.33 bits per heavy atom. The van der Waals surface area contributed by atoms with Gasteiger partial charge in [-0.3, -0.25) is 14.4 Å². The fourth-order valence-electron chi connectivity index (χ4n) is 2.59. The number of ether oxygens (including phenoxy) is 1. The van der Waals surface area contributed by atoms with Crippen molar-refractivity contribution in [2.24, 2.45) is 0 Å². The molecular weight excluding hydrogens is 466 g/mol. The fourth-order valence-corrected chi connectivity index (χ4v) is 4.66. The summed E-state index contributed by atoms with van der Waals surface area (Å²) in [7, 11) is -4.00. The van der Waals surface area contributed by atoms with Crippen molar-refractivity contribution in [2.75, 3.05) is 24.2 Å². The third-order valence-corrected chi connectivity index (χ3v) is 6.83. The van der Waals surface area contributed by atoms with Crippen molar-refractivity contribution in [1.82, 2.24) is 10.0 Å². The monoisotopic (exact) mass is 493 g/mol. The van der Waals surface area contributed by atoms with Crippen LogP contribution in [0.4, 0.5) is 5.69 Å². The standard InChI is InChI=1S/C22H27N3O6S2/c1-16(25-33(29,30)20-11-9-18(10-12-20)24-17(2)26)22(28)31-15-21(27)23-13-6-14-32-19-7-4-3-5-8-19/h3-5,7-12,16,25H,6,13-15H2,1-2H3,(H,23,27)(H,24,26)/t16-/m0/s1. The summed E-state index contributed by atoms with van der Waals surface area (Å²) in [5.41, 5.74) is 0.443. The van der Waals surface area contributed by atoms with Gasteiger partial charge in [-0.25, -0.2) is 8.42 Å². The third kappa shape index (κ3) is 9.64. The first-order valence-electron chi connectivity index (χ1n) is 10.2. The summed E-state index contributed by atoms with van der Waals surface area (Å²) in [6, 6.07) is 14.2. The minimum Gasteiger partial charge on any atom is -0.454 e. The van der Waals surface area contributed by atoms with Crippen LogP contribution in [0.3, 0.4) is 0 Å². The number of hydrogen-bond acceptors (Lipinski definition) is 7. The average Bonchev–Trinajstić information content (AvgIpc) is 2.77. The van der Waals surface area contributed by atoms with Gasteiger partial charge < -0.3 is 15.4 Å². The Balaban J connectivity index is 1.70. The molecule has 2 amide bonds. The zero-order chi connectivity index (χ0) is 24.3.